The van der Waals surface area contributed by atoms with E-state index in [0.29, 0.717) is 29.8 Å². The lowest BCUT2D eigenvalue weighted by Gasteiger charge is -2.29. The molecule has 24 heavy (non-hydrogen) atoms. The number of sulfonamides is 1. The van der Waals surface area contributed by atoms with Crippen molar-refractivity contribution in [2.24, 2.45) is 5.92 Å². The first-order chi connectivity index (χ1) is 11.4. The molecule has 2 heterocycles. The number of thiophene rings is 1. The molecule has 8 heteroatoms. The Morgan fingerprint density at radius 1 is 1.33 bits per heavy atom. The average molecular weight is 374 g/mol. The van der Waals surface area contributed by atoms with Crippen LogP contribution in [0.4, 0.5) is 0 Å². The summed E-state index contributed by atoms with van der Waals surface area (Å²) in [5, 5.41) is 4.97. The molecule has 1 amide bonds. The van der Waals surface area contributed by atoms with E-state index in [-0.39, 0.29) is 18.9 Å². The summed E-state index contributed by atoms with van der Waals surface area (Å²) in [7, 11) is -3.51. The van der Waals surface area contributed by atoms with Crippen molar-refractivity contribution in [3.05, 3.63) is 17.5 Å². The topological polar surface area (TPSA) is 69.7 Å². The molecule has 1 fully saturated rings. The van der Waals surface area contributed by atoms with Crippen LogP contribution in [0.15, 0.2) is 21.7 Å². The Bertz CT molecular complexity index is 609. The number of piperazine rings is 1. The number of hydrogen-bond acceptors (Lipinski definition) is 5. The summed E-state index contributed by atoms with van der Waals surface area (Å²) in [6.07, 6.45) is 1.02. The van der Waals surface area contributed by atoms with Gasteiger partial charge in [0.1, 0.15) is 4.21 Å². The Labute approximate surface area is 148 Å². The minimum absolute atomic E-state index is 0.0347. The number of nitrogens with zero attached hydrogens (tertiary/aromatic N) is 2. The van der Waals surface area contributed by atoms with Crippen LogP contribution in [0.1, 0.15) is 26.7 Å². The van der Waals surface area contributed by atoms with Crippen LogP contribution in [0, 0.1) is 5.92 Å². The molecule has 0 aromatic carbocycles. The van der Waals surface area contributed by atoms with Gasteiger partial charge < -0.3 is 10.2 Å². The molecule has 0 atom stereocenters. The van der Waals surface area contributed by atoms with Gasteiger partial charge in [-0.25, -0.2) is 8.42 Å². The second kappa shape index (κ2) is 8.94. The van der Waals surface area contributed by atoms with E-state index in [1.165, 1.54) is 15.6 Å². The molecule has 1 aromatic rings. The van der Waals surface area contributed by atoms with Crippen LogP contribution in [-0.2, 0) is 14.8 Å². The smallest absolute Gasteiger partial charge is 0.252 e. The van der Waals surface area contributed by atoms with Crippen LogP contribution >= 0.6 is 11.3 Å². The van der Waals surface area contributed by atoms with Gasteiger partial charge in [-0.3, -0.25) is 4.79 Å². The molecule has 1 aliphatic rings. The second-order valence-electron chi connectivity index (χ2n) is 6.40. The molecule has 6 nitrogen and oxygen atoms in total. The first-order valence-corrected chi connectivity index (χ1v) is 10.8. The summed E-state index contributed by atoms with van der Waals surface area (Å²) >= 11 is 1.22. The lowest BCUT2D eigenvalue weighted by molar-refractivity contribution is -0.131. The normalized spacial score (nSPS) is 16.1. The van der Waals surface area contributed by atoms with Crippen molar-refractivity contribution < 1.29 is 13.2 Å². The van der Waals surface area contributed by atoms with E-state index < -0.39 is 10.0 Å². The molecule has 136 valence electrons. The Hall–Kier alpha value is -0.960. The van der Waals surface area contributed by atoms with E-state index in [1.807, 2.05) is 4.90 Å². The summed E-state index contributed by atoms with van der Waals surface area (Å²) in [5.41, 5.74) is 0. The fourth-order valence-corrected chi connectivity index (χ4v) is 5.18. The molecule has 0 bridgehead atoms. The highest BCUT2D eigenvalue weighted by Gasteiger charge is 2.27. The molecule has 0 aliphatic carbocycles. The largest absolute Gasteiger partial charge is 0.340 e. The van der Waals surface area contributed by atoms with E-state index in [1.54, 1.807) is 17.5 Å². The molecule has 1 aliphatic heterocycles. The van der Waals surface area contributed by atoms with Crippen LogP contribution in [0.2, 0.25) is 0 Å². The third kappa shape index (κ3) is 5.27. The van der Waals surface area contributed by atoms with Crippen molar-refractivity contribution >= 4 is 27.3 Å². The zero-order chi connectivity index (χ0) is 17.6. The van der Waals surface area contributed by atoms with Gasteiger partial charge in [-0.15, -0.1) is 11.3 Å². The average Bonchev–Trinajstić information content (AvgIpc) is 3.10. The minimum atomic E-state index is -3.51. The summed E-state index contributed by atoms with van der Waals surface area (Å²) in [6.45, 7) is 7.84. The fraction of sp³-hybridized carbons (Fsp3) is 0.688. The van der Waals surface area contributed by atoms with Crippen LogP contribution in [-0.4, -0.2) is 62.8 Å². The van der Waals surface area contributed by atoms with E-state index in [0.717, 1.165) is 19.5 Å². The summed E-state index contributed by atoms with van der Waals surface area (Å²) in [5.74, 6) is 0.447. The van der Waals surface area contributed by atoms with Crippen LogP contribution in [0.3, 0.4) is 0 Å². The quantitative estimate of drug-likeness (QED) is 0.752. The maximum Gasteiger partial charge on any atom is 0.252 e. The lowest BCUT2D eigenvalue weighted by Crippen LogP contribution is -2.47. The Balaban J connectivity index is 2.01. The van der Waals surface area contributed by atoms with Gasteiger partial charge in [0.05, 0.1) is 0 Å². The summed E-state index contributed by atoms with van der Waals surface area (Å²) in [4.78, 5) is 14.1. The Kier molecular flexibility index (Phi) is 7.21. The van der Waals surface area contributed by atoms with Crippen molar-refractivity contribution in [3.8, 4) is 0 Å². The molecular weight excluding hydrogens is 346 g/mol. The van der Waals surface area contributed by atoms with E-state index in [2.05, 4.69) is 19.2 Å². The standard InChI is InChI=1S/C16H27N3O3S2/c1-14(2)5-9-19(24(21,22)16-4-3-13-23-16)10-6-15(20)18-11-7-17-8-12-18/h3-4,13-14,17H,5-12H2,1-2H3. The molecule has 0 radical (unpaired) electrons. The van der Waals surface area contributed by atoms with E-state index >= 15 is 0 Å². The highest BCUT2D eigenvalue weighted by molar-refractivity contribution is 7.91. The Morgan fingerprint density at radius 2 is 2.04 bits per heavy atom. The van der Waals surface area contributed by atoms with Gasteiger partial charge in [0.25, 0.3) is 10.0 Å². The van der Waals surface area contributed by atoms with Gasteiger partial charge >= 0.3 is 0 Å². The minimum Gasteiger partial charge on any atom is -0.340 e. The maximum atomic E-state index is 12.8. The second-order valence-corrected chi connectivity index (χ2v) is 9.51. The predicted molar refractivity (Wildman–Crippen MR) is 96.6 cm³/mol. The van der Waals surface area contributed by atoms with Crippen LogP contribution in [0.25, 0.3) is 0 Å². The number of rotatable bonds is 8. The zero-order valence-electron chi connectivity index (χ0n) is 14.4. The highest BCUT2D eigenvalue weighted by atomic mass is 32.2. The van der Waals surface area contributed by atoms with Gasteiger partial charge in [-0.2, -0.15) is 4.31 Å². The molecule has 0 spiro atoms. The molecule has 1 saturated heterocycles. The van der Waals surface area contributed by atoms with Gasteiger partial charge in [-0.1, -0.05) is 19.9 Å². The van der Waals surface area contributed by atoms with Crippen molar-refractivity contribution in [2.75, 3.05) is 39.3 Å². The first-order valence-electron chi connectivity index (χ1n) is 8.43. The fourth-order valence-electron chi connectivity index (χ4n) is 2.58. The van der Waals surface area contributed by atoms with Crippen molar-refractivity contribution in [2.45, 2.75) is 30.9 Å². The lowest BCUT2D eigenvalue weighted by atomic mass is 10.1. The summed E-state index contributed by atoms with van der Waals surface area (Å²) in [6, 6.07) is 3.37. The van der Waals surface area contributed by atoms with Crippen LogP contribution < -0.4 is 5.32 Å². The zero-order valence-corrected chi connectivity index (χ0v) is 16.0. The number of hydrogen-bond donors (Lipinski definition) is 1. The third-order valence-electron chi connectivity index (χ3n) is 4.09. The predicted octanol–water partition coefficient (Wildman–Crippen LogP) is 1.61. The molecule has 0 saturated carbocycles. The Morgan fingerprint density at radius 3 is 2.62 bits per heavy atom. The molecule has 1 aromatic heterocycles. The molecule has 1 N–H and O–H groups in total. The number of nitrogens with one attached hydrogen (secondary N) is 1. The molecular formula is C16H27N3O3S2. The first kappa shape index (κ1) is 19.4. The number of amides is 1. The number of carbonyl (C=O) groups is 1. The number of carbonyl (C=O) groups excluding carboxylic acids is 1. The summed E-state index contributed by atoms with van der Waals surface area (Å²) < 4.78 is 27.4. The van der Waals surface area contributed by atoms with Crippen molar-refractivity contribution in [1.82, 2.24) is 14.5 Å². The van der Waals surface area contributed by atoms with Crippen molar-refractivity contribution in [3.63, 3.8) is 0 Å². The molecule has 0 unspecified atom stereocenters. The molecule has 2 rings (SSSR count). The third-order valence-corrected chi connectivity index (χ3v) is 7.36. The SMILES string of the molecule is CC(C)CCN(CCC(=O)N1CCNCC1)S(=O)(=O)c1cccs1. The van der Waals surface area contributed by atoms with Crippen molar-refractivity contribution in [1.29, 1.82) is 0 Å². The highest BCUT2D eigenvalue weighted by Crippen LogP contribution is 2.22. The van der Waals surface area contributed by atoms with Gasteiger partial charge in [-0.05, 0) is 23.8 Å². The van der Waals surface area contributed by atoms with Gasteiger partial charge in [0.15, 0.2) is 0 Å². The maximum absolute atomic E-state index is 12.8. The van der Waals surface area contributed by atoms with E-state index in [4.69, 9.17) is 0 Å². The van der Waals surface area contributed by atoms with E-state index in [9.17, 15) is 13.2 Å². The van der Waals surface area contributed by atoms with Crippen LogP contribution in [0.5, 0.6) is 0 Å². The van der Waals surface area contributed by atoms with Gasteiger partial charge in [0, 0.05) is 45.7 Å². The monoisotopic (exact) mass is 373 g/mol. The van der Waals surface area contributed by atoms with Gasteiger partial charge in [0.2, 0.25) is 5.91 Å².